The van der Waals surface area contributed by atoms with Crippen molar-refractivity contribution in [3.8, 4) is 22.9 Å². The molecule has 0 fully saturated rings. The molecule has 8 nitrogen and oxygen atoms in total. The molecule has 0 saturated carbocycles. The van der Waals surface area contributed by atoms with Gasteiger partial charge in [0.15, 0.2) is 17.3 Å². The number of ether oxygens (including phenoxy) is 2. The molecule has 0 saturated heterocycles. The Morgan fingerprint density at radius 3 is 2.56 bits per heavy atom. The highest BCUT2D eigenvalue weighted by Gasteiger charge is 2.16. The number of benzene rings is 3. The van der Waals surface area contributed by atoms with Crippen LogP contribution in [0.1, 0.15) is 5.69 Å². The van der Waals surface area contributed by atoms with Gasteiger partial charge in [-0.2, -0.15) is 4.98 Å². The van der Waals surface area contributed by atoms with Crippen molar-refractivity contribution in [2.24, 2.45) is 0 Å². The number of aromatic nitrogens is 3. The summed E-state index contributed by atoms with van der Waals surface area (Å²) in [6.07, 6.45) is 0.474. The first-order chi connectivity index (χ1) is 16.5. The van der Waals surface area contributed by atoms with Gasteiger partial charge in [-0.05, 0) is 41.1 Å². The van der Waals surface area contributed by atoms with Crippen molar-refractivity contribution in [1.29, 1.82) is 0 Å². The number of rotatable bonds is 8. The van der Waals surface area contributed by atoms with Crippen LogP contribution >= 0.6 is 11.3 Å². The van der Waals surface area contributed by atoms with E-state index in [1.165, 1.54) is 11.3 Å². The molecule has 0 amide bonds. The minimum Gasteiger partial charge on any atom is -0.493 e. The SMILES string of the molecule is COc1ccc(-c2nc3scc(CCNS(=O)(=O)c4ccc5ccccc5c4)n3n2)cc1OC. The fraction of sp³-hybridized carbons (Fsp3) is 0.167. The number of nitrogens with one attached hydrogen (secondary N) is 1. The maximum Gasteiger partial charge on any atom is 0.240 e. The number of hydrogen-bond acceptors (Lipinski definition) is 7. The van der Waals surface area contributed by atoms with E-state index < -0.39 is 10.0 Å². The lowest BCUT2D eigenvalue weighted by Gasteiger charge is -2.08. The van der Waals surface area contributed by atoms with E-state index in [9.17, 15) is 8.42 Å². The molecule has 5 rings (SSSR count). The predicted octanol–water partition coefficient (Wildman–Crippen LogP) is 4.15. The number of thiazole rings is 1. The maximum atomic E-state index is 12.8. The lowest BCUT2D eigenvalue weighted by Crippen LogP contribution is -2.26. The minimum atomic E-state index is -3.63. The van der Waals surface area contributed by atoms with Crippen LogP contribution in [0.25, 0.3) is 27.1 Å². The molecule has 0 aliphatic rings. The summed E-state index contributed by atoms with van der Waals surface area (Å²) in [4.78, 5) is 5.59. The quantitative estimate of drug-likeness (QED) is 0.348. The summed E-state index contributed by atoms with van der Waals surface area (Å²) in [5.41, 5.74) is 1.68. The van der Waals surface area contributed by atoms with Gasteiger partial charge >= 0.3 is 0 Å². The Balaban J connectivity index is 1.32. The third-order valence-electron chi connectivity index (χ3n) is 5.50. The first kappa shape index (κ1) is 22.3. The highest BCUT2D eigenvalue weighted by Crippen LogP contribution is 2.31. The molecule has 0 aliphatic heterocycles. The van der Waals surface area contributed by atoms with Gasteiger partial charge in [-0.1, -0.05) is 30.3 Å². The molecule has 0 bridgehead atoms. The van der Waals surface area contributed by atoms with Crippen LogP contribution in [0.4, 0.5) is 0 Å². The van der Waals surface area contributed by atoms with Gasteiger partial charge in [0.2, 0.25) is 15.0 Å². The molecule has 0 aliphatic carbocycles. The van der Waals surface area contributed by atoms with E-state index in [1.807, 2.05) is 53.9 Å². The Bertz CT molecular complexity index is 1590. The second-order valence-electron chi connectivity index (χ2n) is 7.58. The monoisotopic (exact) mass is 494 g/mol. The summed E-state index contributed by atoms with van der Waals surface area (Å²) >= 11 is 1.46. The molecular weight excluding hydrogens is 472 g/mol. The van der Waals surface area contributed by atoms with E-state index in [4.69, 9.17) is 9.47 Å². The average Bonchev–Trinajstić information content (AvgIpc) is 3.45. The van der Waals surface area contributed by atoms with Crippen LogP contribution in [0.3, 0.4) is 0 Å². The third kappa shape index (κ3) is 4.23. The number of fused-ring (bicyclic) bond motifs is 2. The van der Waals surface area contributed by atoms with Gasteiger partial charge in [0, 0.05) is 23.9 Å². The van der Waals surface area contributed by atoms with E-state index in [-0.39, 0.29) is 11.4 Å². The Kier molecular flexibility index (Phi) is 5.94. The normalized spacial score (nSPS) is 11.8. The summed E-state index contributed by atoms with van der Waals surface area (Å²) < 4.78 is 40.7. The maximum absolute atomic E-state index is 12.8. The Morgan fingerprint density at radius 2 is 1.76 bits per heavy atom. The van der Waals surface area contributed by atoms with Gasteiger partial charge in [-0.15, -0.1) is 16.4 Å². The van der Waals surface area contributed by atoms with E-state index in [1.54, 1.807) is 30.9 Å². The molecule has 0 atom stereocenters. The lowest BCUT2D eigenvalue weighted by molar-refractivity contribution is 0.355. The van der Waals surface area contributed by atoms with Gasteiger partial charge in [-0.3, -0.25) is 0 Å². The molecule has 0 radical (unpaired) electrons. The largest absolute Gasteiger partial charge is 0.493 e. The standard InChI is InChI=1S/C24H22N4O4S2/c1-31-21-10-8-18(14-22(21)32-2)23-26-24-28(27-23)19(15-33-24)11-12-25-34(29,30)20-9-7-16-5-3-4-6-17(16)13-20/h3-10,13-15,25H,11-12H2,1-2H3. The second-order valence-corrected chi connectivity index (χ2v) is 10.2. The van der Waals surface area contributed by atoms with Crippen molar-refractivity contribution in [2.45, 2.75) is 11.3 Å². The van der Waals surface area contributed by atoms with Crippen LogP contribution in [-0.2, 0) is 16.4 Å². The minimum absolute atomic E-state index is 0.243. The molecule has 3 aromatic carbocycles. The van der Waals surface area contributed by atoms with Crippen molar-refractivity contribution in [2.75, 3.05) is 20.8 Å². The summed E-state index contributed by atoms with van der Waals surface area (Å²) in [5.74, 6) is 1.79. The van der Waals surface area contributed by atoms with Crippen LogP contribution in [0.15, 0.2) is 70.9 Å². The highest BCUT2D eigenvalue weighted by molar-refractivity contribution is 7.89. The number of hydrogen-bond donors (Lipinski definition) is 1. The molecule has 5 aromatic rings. The van der Waals surface area contributed by atoms with Crippen LogP contribution in [0.2, 0.25) is 0 Å². The van der Waals surface area contributed by atoms with Gasteiger partial charge in [0.1, 0.15) is 0 Å². The Labute approximate surface area is 200 Å². The molecule has 2 heterocycles. The molecule has 0 spiro atoms. The molecule has 34 heavy (non-hydrogen) atoms. The van der Waals surface area contributed by atoms with E-state index in [0.717, 1.165) is 27.0 Å². The second kappa shape index (κ2) is 9.05. The first-order valence-corrected chi connectivity index (χ1v) is 12.9. The van der Waals surface area contributed by atoms with Gasteiger partial charge in [0.05, 0.1) is 24.8 Å². The topological polar surface area (TPSA) is 94.8 Å². The van der Waals surface area contributed by atoms with E-state index in [2.05, 4.69) is 14.8 Å². The van der Waals surface area contributed by atoms with E-state index >= 15 is 0 Å². The summed E-state index contributed by atoms with van der Waals surface area (Å²) in [6.45, 7) is 0.243. The van der Waals surface area contributed by atoms with Crippen molar-refractivity contribution < 1.29 is 17.9 Å². The smallest absolute Gasteiger partial charge is 0.240 e. The Morgan fingerprint density at radius 1 is 0.971 bits per heavy atom. The fourth-order valence-electron chi connectivity index (χ4n) is 3.73. The van der Waals surface area contributed by atoms with Crippen LogP contribution in [0, 0.1) is 0 Å². The van der Waals surface area contributed by atoms with Crippen molar-refractivity contribution in [3.63, 3.8) is 0 Å². The average molecular weight is 495 g/mol. The zero-order valence-corrected chi connectivity index (χ0v) is 20.2. The molecule has 2 aromatic heterocycles. The predicted molar refractivity (Wildman–Crippen MR) is 132 cm³/mol. The zero-order valence-electron chi connectivity index (χ0n) is 18.6. The lowest BCUT2D eigenvalue weighted by atomic mass is 10.1. The van der Waals surface area contributed by atoms with Crippen molar-refractivity contribution in [1.82, 2.24) is 19.3 Å². The molecule has 0 unspecified atom stereocenters. The molecule has 1 N–H and O–H groups in total. The van der Waals surface area contributed by atoms with Gasteiger partial charge < -0.3 is 9.47 Å². The molecule has 10 heteroatoms. The van der Waals surface area contributed by atoms with Gasteiger partial charge in [-0.25, -0.2) is 17.7 Å². The molecular formula is C24H22N4O4S2. The molecule has 174 valence electrons. The number of methoxy groups -OCH3 is 2. The zero-order chi connectivity index (χ0) is 23.7. The van der Waals surface area contributed by atoms with Crippen LogP contribution < -0.4 is 14.2 Å². The number of sulfonamides is 1. The highest BCUT2D eigenvalue weighted by atomic mass is 32.2. The number of nitrogens with zero attached hydrogens (tertiary/aromatic N) is 3. The first-order valence-electron chi connectivity index (χ1n) is 10.5. The van der Waals surface area contributed by atoms with Crippen LogP contribution in [0.5, 0.6) is 11.5 Å². The van der Waals surface area contributed by atoms with E-state index in [0.29, 0.717) is 23.7 Å². The van der Waals surface area contributed by atoms with Crippen LogP contribution in [-0.4, -0.2) is 43.8 Å². The summed E-state index contributed by atoms with van der Waals surface area (Å²) in [5, 5.41) is 8.45. The van der Waals surface area contributed by atoms with Gasteiger partial charge in [0.25, 0.3) is 0 Å². The Hall–Kier alpha value is -3.47. The van der Waals surface area contributed by atoms with Crippen molar-refractivity contribution in [3.05, 3.63) is 71.7 Å². The third-order valence-corrected chi connectivity index (χ3v) is 7.82. The summed E-state index contributed by atoms with van der Waals surface area (Å²) in [6, 6.07) is 18.3. The summed E-state index contributed by atoms with van der Waals surface area (Å²) in [7, 11) is -0.461. The fourth-order valence-corrected chi connectivity index (χ4v) is 5.65. The van der Waals surface area contributed by atoms with Crippen molar-refractivity contribution >= 4 is 37.1 Å².